The number of nitrogens with one attached hydrogen (secondary N) is 1. The van der Waals surface area contributed by atoms with Crippen molar-refractivity contribution in [2.45, 2.75) is 25.3 Å². The van der Waals surface area contributed by atoms with Crippen molar-refractivity contribution in [3.63, 3.8) is 0 Å². The lowest BCUT2D eigenvalue weighted by molar-refractivity contribution is 0.407. The van der Waals surface area contributed by atoms with Crippen LogP contribution in [0.15, 0.2) is 48.5 Å². The van der Waals surface area contributed by atoms with Crippen molar-refractivity contribution < 1.29 is 4.74 Å². The fourth-order valence-electron chi connectivity index (χ4n) is 2.79. The average molecular weight is 253 g/mol. The number of hydrogen-bond acceptors (Lipinski definition) is 2. The van der Waals surface area contributed by atoms with E-state index in [1.54, 1.807) is 7.11 Å². The quantitative estimate of drug-likeness (QED) is 0.901. The van der Waals surface area contributed by atoms with E-state index in [0.717, 1.165) is 18.6 Å². The van der Waals surface area contributed by atoms with Crippen LogP contribution < -0.4 is 10.1 Å². The first-order valence-corrected chi connectivity index (χ1v) is 6.83. The molecule has 1 aliphatic heterocycles. The number of anilines is 1. The van der Waals surface area contributed by atoms with Crippen LogP contribution in [0.1, 0.15) is 17.5 Å². The van der Waals surface area contributed by atoms with Crippen LogP contribution in [-0.2, 0) is 12.8 Å². The molecule has 2 heteroatoms. The van der Waals surface area contributed by atoms with Gasteiger partial charge in [-0.2, -0.15) is 0 Å². The second kappa shape index (κ2) is 5.35. The molecule has 1 N–H and O–H groups in total. The third-order valence-electron chi connectivity index (χ3n) is 3.80. The highest BCUT2D eigenvalue weighted by molar-refractivity contribution is 5.54. The lowest BCUT2D eigenvalue weighted by Gasteiger charge is -2.27. The van der Waals surface area contributed by atoms with Gasteiger partial charge in [-0.3, -0.25) is 0 Å². The van der Waals surface area contributed by atoms with Crippen molar-refractivity contribution in [1.82, 2.24) is 0 Å². The molecule has 3 rings (SSSR count). The minimum atomic E-state index is 0.492. The molecule has 98 valence electrons. The molecule has 0 aromatic heterocycles. The molecule has 0 radical (unpaired) electrons. The van der Waals surface area contributed by atoms with Crippen LogP contribution in [0.25, 0.3) is 0 Å². The number of fused-ring (bicyclic) bond motifs is 1. The zero-order valence-electron chi connectivity index (χ0n) is 11.2. The molecule has 2 nitrogen and oxygen atoms in total. The molecule has 0 spiro atoms. The molecule has 2 aromatic rings. The average Bonchev–Trinajstić information content (AvgIpc) is 2.48. The third kappa shape index (κ3) is 2.58. The Kier molecular flexibility index (Phi) is 3.41. The van der Waals surface area contributed by atoms with Crippen molar-refractivity contribution in [3.05, 3.63) is 59.7 Å². The van der Waals surface area contributed by atoms with Crippen LogP contribution in [0.4, 0.5) is 5.69 Å². The van der Waals surface area contributed by atoms with E-state index in [9.17, 15) is 0 Å². The number of methoxy groups -OCH3 is 1. The Hall–Kier alpha value is -1.96. The maximum Gasteiger partial charge on any atom is 0.122 e. The lowest BCUT2D eigenvalue weighted by atomic mass is 9.93. The van der Waals surface area contributed by atoms with Crippen LogP contribution in [0.2, 0.25) is 0 Å². The Balaban J connectivity index is 1.75. The van der Waals surface area contributed by atoms with E-state index < -0.39 is 0 Å². The van der Waals surface area contributed by atoms with Crippen LogP contribution in [0.3, 0.4) is 0 Å². The number of hydrogen-bond donors (Lipinski definition) is 1. The van der Waals surface area contributed by atoms with E-state index in [1.807, 2.05) is 12.1 Å². The number of ether oxygens (including phenoxy) is 1. The van der Waals surface area contributed by atoms with Gasteiger partial charge in [-0.05, 0) is 42.5 Å². The van der Waals surface area contributed by atoms with E-state index >= 15 is 0 Å². The van der Waals surface area contributed by atoms with Gasteiger partial charge in [-0.25, -0.2) is 0 Å². The van der Waals surface area contributed by atoms with Gasteiger partial charge < -0.3 is 10.1 Å². The Morgan fingerprint density at radius 2 is 1.89 bits per heavy atom. The molecular weight excluding hydrogens is 234 g/mol. The Morgan fingerprint density at radius 1 is 1.11 bits per heavy atom. The predicted molar refractivity (Wildman–Crippen MR) is 78.9 cm³/mol. The smallest absolute Gasteiger partial charge is 0.122 e. The number of rotatable bonds is 3. The standard InChI is InChI=1S/C17H19NO/c1-19-17-9-5-3-7-14(17)12-15-11-10-13-6-2-4-8-16(13)18-15/h2-9,15,18H,10-12H2,1H3. The van der Waals surface area contributed by atoms with Gasteiger partial charge in [0, 0.05) is 11.7 Å². The number of para-hydroxylation sites is 2. The van der Waals surface area contributed by atoms with E-state index in [4.69, 9.17) is 4.74 Å². The number of benzene rings is 2. The van der Waals surface area contributed by atoms with Crippen LogP contribution in [0.5, 0.6) is 5.75 Å². The molecule has 0 aliphatic carbocycles. The molecule has 0 bridgehead atoms. The second-order valence-corrected chi connectivity index (χ2v) is 5.05. The summed E-state index contributed by atoms with van der Waals surface area (Å²) in [7, 11) is 1.74. The highest BCUT2D eigenvalue weighted by atomic mass is 16.5. The fraction of sp³-hybridized carbons (Fsp3) is 0.294. The van der Waals surface area contributed by atoms with Gasteiger partial charge in [0.2, 0.25) is 0 Å². The van der Waals surface area contributed by atoms with Gasteiger partial charge in [0.15, 0.2) is 0 Å². The first-order chi connectivity index (χ1) is 9.36. The maximum atomic E-state index is 5.43. The summed E-state index contributed by atoms with van der Waals surface area (Å²) in [6, 6.07) is 17.4. The molecule has 1 aliphatic rings. The second-order valence-electron chi connectivity index (χ2n) is 5.05. The lowest BCUT2D eigenvalue weighted by Crippen LogP contribution is -2.27. The van der Waals surface area contributed by atoms with Gasteiger partial charge >= 0.3 is 0 Å². The fourth-order valence-corrected chi connectivity index (χ4v) is 2.79. The highest BCUT2D eigenvalue weighted by Gasteiger charge is 2.18. The number of aryl methyl sites for hydroxylation is 1. The summed E-state index contributed by atoms with van der Waals surface area (Å²) < 4.78 is 5.43. The summed E-state index contributed by atoms with van der Waals surface area (Å²) >= 11 is 0. The summed E-state index contributed by atoms with van der Waals surface area (Å²) in [5.74, 6) is 0.989. The Bertz CT molecular complexity index is 565. The monoisotopic (exact) mass is 253 g/mol. The summed E-state index contributed by atoms with van der Waals surface area (Å²) in [6.45, 7) is 0. The molecule has 1 atom stereocenters. The minimum Gasteiger partial charge on any atom is -0.496 e. The molecule has 0 saturated heterocycles. The Morgan fingerprint density at radius 3 is 2.79 bits per heavy atom. The molecule has 1 unspecified atom stereocenters. The normalized spacial score (nSPS) is 17.4. The SMILES string of the molecule is COc1ccccc1CC1CCc2ccccc2N1. The molecule has 1 heterocycles. The van der Waals surface area contributed by atoms with Crippen molar-refractivity contribution in [1.29, 1.82) is 0 Å². The van der Waals surface area contributed by atoms with Gasteiger partial charge in [0.05, 0.1) is 7.11 Å². The molecule has 0 saturated carbocycles. The van der Waals surface area contributed by atoms with Crippen molar-refractivity contribution in [2.75, 3.05) is 12.4 Å². The summed E-state index contributed by atoms with van der Waals surface area (Å²) in [4.78, 5) is 0. The van der Waals surface area contributed by atoms with Crippen LogP contribution >= 0.6 is 0 Å². The third-order valence-corrected chi connectivity index (χ3v) is 3.80. The Labute approximate surface area is 114 Å². The van der Waals surface area contributed by atoms with Gasteiger partial charge in [0.25, 0.3) is 0 Å². The van der Waals surface area contributed by atoms with Crippen molar-refractivity contribution in [3.8, 4) is 5.75 Å². The van der Waals surface area contributed by atoms with E-state index in [0.29, 0.717) is 6.04 Å². The van der Waals surface area contributed by atoms with Crippen molar-refractivity contribution in [2.24, 2.45) is 0 Å². The first-order valence-electron chi connectivity index (χ1n) is 6.83. The van der Waals surface area contributed by atoms with Crippen LogP contribution in [0, 0.1) is 0 Å². The first kappa shape index (κ1) is 12.1. The minimum absolute atomic E-state index is 0.492. The van der Waals surface area contributed by atoms with Crippen LogP contribution in [-0.4, -0.2) is 13.2 Å². The molecule has 0 amide bonds. The summed E-state index contributed by atoms with van der Waals surface area (Å²) in [6.07, 6.45) is 3.34. The summed E-state index contributed by atoms with van der Waals surface area (Å²) in [5, 5.41) is 3.64. The molecule has 2 aromatic carbocycles. The summed E-state index contributed by atoms with van der Waals surface area (Å²) in [5.41, 5.74) is 3.99. The van der Waals surface area contributed by atoms with Gasteiger partial charge in [-0.15, -0.1) is 0 Å². The van der Waals surface area contributed by atoms with E-state index in [-0.39, 0.29) is 0 Å². The maximum absolute atomic E-state index is 5.43. The van der Waals surface area contributed by atoms with E-state index in [1.165, 1.54) is 23.2 Å². The highest BCUT2D eigenvalue weighted by Crippen LogP contribution is 2.27. The van der Waals surface area contributed by atoms with E-state index in [2.05, 4.69) is 41.7 Å². The topological polar surface area (TPSA) is 21.3 Å². The van der Waals surface area contributed by atoms with Crippen molar-refractivity contribution >= 4 is 5.69 Å². The van der Waals surface area contributed by atoms with Gasteiger partial charge in [-0.1, -0.05) is 36.4 Å². The largest absolute Gasteiger partial charge is 0.496 e. The zero-order chi connectivity index (χ0) is 13.1. The van der Waals surface area contributed by atoms with Gasteiger partial charge in [0.1, 0.15) is 5.75 Å². The molecule has 0 fully saturated rings. The molecule has 19 heavy (non-hydrogen) atoms. The molecular formula is C17H19NO. The zero-order valence-corrected chi connectivity index (χ0v) is 11.2. The predicted octanol–water partition coefficient (Wildman–Crippen LogP) is 3.66.